The summed E-state index contributed by atoms with van der Waals surface area (Å²) in [5.74, 6) is 1.67. The number of amidine groups is 1. The highest BCUT2D eigenvalue weighted by Gasteiger charge is 1.99. The van der Waals surface area contributed by atoms with Crippen LogP contribution in [0, 0.1) is 0 Å². The van der Waals surface area contributed by atoms with Gasteiger partial charge in [0, 0.05) is 16.3 Å². The van der Waals surface area contributed by atoms with Crippen LogP contribution in [-0.2, 0) is 0 Å². The van der Waals surface area contributed by atoms with Gasteiger partial charge in [0.15, 0.2) is 5.17 Å². The molecule has 0 heterocycles. The van der Waals surface area contributed by atoms with E-state index in [2.05, 4.69) is 34.8 Å². The fourth-order valence-corrected chi connectivity index (χ4v) is 2.22. The molecule has 0 radical (unpaired) electrons. The number of benzene rings is 1. The van der Waals surface area contributed by atoms with Gasteiger partial charge < -0.3 is 10.5 Å². The zero-order valence-electron chi connectivity index (χ0n) is 10.7. The summed E-state index contributed by atoms with van der Waals surface area (Å²) >= 11 is 4.94. The van der Waals surface area contributed by atoms with E-state index in [4.69, 9.17) is 10.5 Å². The average molecular weight is 331 g/mol. The summed E-state index contributed by atoms with van der Waals surface area (Å²) in [5.41, 5.74) is 5.80. The summed E-state index contributed by atoms with van der Waals surface area (Å²) < 4.78 is 6.63. The quantitative estimate of drug-likeness (QED) is 0.491. The van der Waals surface area contributed by atoms with Crippen molar-refractivity contribution in [1.29, 1.82) is 0 Å². The maximum Gasteiger partial charge on any atom is 0.154 e. The Morgan fingerprint density at radius 2 is 2.33 bits per heavy atom. The molecule has 0 aliphatic rings. The van der Waals surface area contributed by atoms with Crippen molar-refractivity contribution in [1.82, 2.24) is 0 Å². The number of thioether (sulfide) groups is 1. The summed E-state index contributed by atoms with van der Waals surface area (Å²) in [6.45, 7) is 4.78. The van der Waals surface area contributed by atoms with Crippen molar-refractivity contribution >= 4 is 32.9 Å². The molecule has 1 rings (SSSR count). The highest BCUT2D eigenvalue weighted by atomic mass is 79.9. The Kier molecular flexibility index (Phi) is 7.20. The minimum absolute atomic E-state index is 0.295. The topological polar surface area (TPSA) is 47.6 Å². The zero-order chi connectivity index (χ0) is 13.4. The number of nitrogens with two attached hydrogens (primary N) is 1. The summed E-state index contributed by atoms with van der Waals surface area (Å²) in [7, 11) is 0. The van der Waals surface area contributed by atoms with Crippen molar-refractivity contribution in [3.8, 4) is 5.75 Å². The van der Waals surface area contributed by atoms with E-state index in [1.807, 2.05) is 24.3 Å². The molecule has 0 fully saturated rings. The Morgan fingerprint density at radius 1 is 1.56 bits per heavy atom. The predicted molar refractivity (Wildman–Crippen MR) is 83.5 cm³/mol. The molecule has 0 amide bonds. The third-order valence-corrected chi connectivity index (χ3v) is 3.60. The van der Waals surface area contributed by atoms with Gasteiger partial charge in [0.2, 0.25) is 0 Å². The molecule has 0 bridgehead atoms. The van der Waals surface area contributed by atoms with Crippen LogP contribution in [0.3, 0.4) is 0 Å². The molecule has 0 aliphatic heterocycles. The van der Waals surface area contributed by atoms with E-state index in [9.17, 15) is 0 Å². The smallest absolute Gasteiger partial charge is 0.154 e. The molecule has 0 aromatic heterocycles. The number of hydrogen-bond donors (Lipinski definition) is 1. The summed E-state index contributed by atoms with van der Waals surface area (Å²) in [6.07, 6.45) is 1.01. The first-order chi connectivity index (χ1) is 8.61. The lowest BCUT2D eigenvalue weighted by atomic mass is 10.3. The van der Waals surface area contributed by atoms with Crippen LogP contribution >= 0.6 is 27.7 Å². The second-order valence-electron chi connectivity index (χ2n) is 3.88. The summed E-state index contributed by atoms with van der Waals surface area (Å²) in [4.78, 5) is 4.35. The molecule has 1 aromatic carbocycles. The van der Waals surface area contributed by atoms with E-state index in [0.29, 0.717) is 17.8 Å². The number of hydrogen-bond acceptors (Lipinski definition) is 3. The molecular weight excluding hydrogens is 312 g/mol. The van der Waals surface area contributed by atoms with Gasteiger partial charge in [-0.1, -0.05) is 40.7 Å². The fourth-order valence-electron chi connectivity index (χ4n) is 1.21. The number of ether oxygens (including phenoxy) is 1. The second-order valence-corrected chi connectivity index (χ2v) is 5.91. The van der Waals surface area contributed by atoms with Gasteiger partial charge in [0.25, 0.3) is 0 Å². The Morgan fingerprint density at radius 3 is 3.00 bits per heavy atom. The van der Waals surface area contributed by atoms with Crippen molar-refractivity contribution in [2.24, 2.45) is 10.7 Å². The molecule has 1 aromatic rings. The van der Waals surface area contributed by atoms with E-state index in [1.165, 1.54) is 11.8 Å². The van der Waals surface area contributed by atoms with Gasteiger partial charge >= 0.3 is 0 Å². The maximum absolute atomic E-state index is 5.80. The lowest BCUT2D eigenvalue weighted by Crippen LogP contribution is -2.13. The minimum atomic E-state index is 0.295. The van der Waals surface area contributed by atoms with Crippen molar-refractivity contribution in [2.45, 2.75) is 26.3 Å². The molecule has 0 aliphatic carbocycles. The molecule has 5 heteroatoms. The van der Waals surface area contributed by atoms with Gasteiger partial charge in [-0.2, -0.15) is 0 Å². The van der Waals surface area contributed by atoms with E-state index < -0.39 is 0 Å². The van der Waals surface area contributed by atoms with Crippen molar-refractivity contribution < 1.29 is 4.74 Å². The van der Waals surface area contributed by atoms with Crippen LogP contribution in [0.1, 0.15) is 20.3 Å². The maximum atomic E-state index is 5.80. The van der Waals surface area contributed by atoms with E-state index in [1.54, 1.807) is 0 Å². The third kappa shape index (κ3) is 6.31. The lowest BCUT2D eigenvalue weighted by molar-refractivity contribution is 0.344. The molecule has 18 heavy (non-hydrogen) atoms. The van der Waals surface area contributed by atoms with Crippen LogP contribution < -0.4 is 10.5 Å². The number of rotatable bonds is 6. The Balaban J connectivity index is 2.25. The SMILES string of the molecule is CC[C@H](C)N=C(N)SCCOc1cccc(Br)c1. The Hall–Kier alpha value is -0.680. The molecule has 0 unspecified atom stereocenters. The van der Waals surface area contributed by atoms with Crippen LogP contribution in [0.25, 0.3) is 0 Å². The van der Waals surface area contributed by atoms with E-state index in [-0.39, 0.29) is 0 Å². The highest BCUT2D eigenvalue weighted by Crippen LogP contribution is 2.17. The van der Waals surface area contributed by atoms with E-state index in [0.717, 1.165) is 22.4 Å². The Labute approximate surface area is 121 Å². The van der Waals surface area contributed by atoms with Crippen LogP contribution in [-0.4, -0.2) is 23.6 Å². The monoisotopic (exact) mass is 330 g/mol. The van der Waals surface area contributed by atoms with Crippen LogP contribution in [0.4, 0.5) is 0 Å². The van der Waals surface area contributed by atoms with Gasteiger partial charge in [-0.25, -0.2) is 0 Å². The predicted octanol–water partition coefficient (Wildman–Crippen LogP) is 3.67. The van der Waals surface area contributed by atoms with Crippen molar-refractivity contribution in [3.05, 3.63) is 28.7 Å². The largest absolute Gasteiger partial charge is 0.493 e. The van der Waals surface area contributed by atoms with Crippen molar-refractivity contribution in [3.63, 3.8) is 0 Å². The first-order valence-electron chi connectivity index (χ1n) is 5.96. The normalized spacial score (nSPS) is 13.4. The molecule has 0 spiro atoms. The summed E-state index contributed by atoms with van der Waals surface area (Å²) in [5, 5.41) is 0.641. The zero-order valence-corrected chi connectivity index (χ0v) is 13.1. The van der Waals surface area contributed by atoms with Gasteiger partial charge in [-0.05, 0) is 31.5 Å². The molecule has 100 valence electrons. The average Bonchev–Trinajstić information content (AvgIpc) is 2.34. The molecule has 0 saturated carbocycles. The molecule has 0 saturated heterocycles. The Bertz CT molecular complexity index is 398. The fraction of sp³-hybridized carbons (Fsp3) is 0.462. The standard InChI is InChI=1S/C13H19BrN2OS/c1-3-10(2)16-13(15)18-8-7-17-12-6-4-5-11(14)9-12/h4-6,9-10H,3,7-8H2,1-2H3,(H2,15,16)/t10-/m0/s1. The third-order valence-electron chi connectivity index (χ3n) is 2.34. The van der Waals surface area contributed by atoms with Gasteiger partial charge in [-0.3, -0.25) is 4.99 Å². The highest BCUT2D eigenvalue weighted by molar-refractivity contribution is 9.10. The molecule has 2 N–H and O–H groups in total. The minimum Gasteiger partial charge on any atom is -0.493 e. The lowest BCUT2D eigenvalue weighted by Gasteiger charge is -2.07. The summed E-state index contributed by atoms with van der Waals surface area (Å²) in [6, 6.07) is 8.10. The second kappa shape index (κ2) is 8.43. The van der Waals surface area contributed by atoms with Crippen LogP contribution in [0.5, 0.6) is 5.75 Å². The first kappa shape index (κ1) is 15.4. The number of aliphatic imine (C=N–C) groups is 1. The van der Waals surface area contributed by atoms with E-state index >= 15 is 0 Å². The van der Waals surface area contributed by atoms with Gasteiger partial charge in [0.05, 0.1) is 6.61 Å². The molecular formula is C13H19BrN2OS. The van der Waals surface area contributed by atoms with Crippen LogP contribution in [0.15, 0.2) is 33.7 Å². The van der Waals surface area contributed by atoms with Gasteiger partial charge in [0.1, 0.15) is 5.75 Å². The van der Waals surface area contributed by atoms with Gasteiger partial charge in [-0.15, -0.1) is 0 Å². The number of halogens is 1. The number of nitrogens with zero attached hydrogens (tertiary/aromatic N) is 1. The van der Waals surface area contributed by atoms with Crippen LogP contribution in [0.2, 0.25) is 0 Å². The first-order valence-corrected chi connectivity index (χ1v) is 7.74. The molecule has 1 atom stereocenters. The molecule has 3 nitrogen and oxygen atoms in total. The van der Waals surface area contributed by atoms with Crippen molar-refractivity contribution in [2.75, 3.05) is 12.4 Å².